The fourth-order valence-electron chi connectivity index (χ4n) is 1.74. The van der Waals surface area contributed by atoms with Gasteiger partial charge in [0.2, 0.25) is 0 Å². The van der Waals surface area contributed by atoms with Crippen LogP contribution in [0.5, 0.6) is 0 Å². The zero-order valence-corrected chi connectivity index (χ0v) is 8.57. The molecule has 0 spiro atoms. The summed E-state index contributed by atoms with van der Waals surface area (Å²) in [5.74, 6) is -3.89. The van der Waals surface area contributed by atoms with Gasteiger partial charge in [-0.05, 0) is 6.07 Å². The van der Waals surface area contributed by atoms with Crippen LogP contribution in [0, 0.1) is 11.6 Å². The molecule has 0 radical (unpaired) electrons. The van der Waals surface area contributed by atoms with Crippen LogP contribution in [-0.4, -0.2) is 24.5 Å². The van der Waals surface area contributed by atoms with Crippen LogP contribution in [0.4, 0.5) is 14.5 Å². The summed E-state index contributed by atoms with van der Waals surface area (Å²) in [6.07, 6.45) is 0.558. The van der Waals surface area contributed by atoms with Crippen molar-refractivity contribution in [3.05, 3.63) is 29.3 Å². The van der Waals surface area contributed by atoms with Gasteiger partial charge in [-0.3, -0.25) is 9.59 Å². The minimum absolute atomic E-state index is 0.00338. The van der Waals surface area contributed by atoms with Crippen molar-refractivity contribution in [1.29, 1.82) is 0 Å². The predicted molar refractivity (Wildman–Crippen MR) is 53.7 cm³/mol. The number of nitrogens with zero attached hydrogens (tertiary/aromatic N) is 1. The third kappa shape index (κ3) is 1.71. The average Bonchev–Trinajstić information content (AvgIpc) is 2.49. The number of carbonyl (C=O) groups is 3. The first-order valence-corrected chi connectivity index (χ1v) is 4.85. The van der Waals surface area contributed by atoms with Gasteiger partial charge < -0.3 is 9.69 Å². The van der Waals surface area contributed by atoms with Crippen molar-refractivity contribution in [2.75, 3.05) is 11.4 Å². The van der Waals surface area contributed by atoms with Crippen LogP contribution >= 0.6 is 0 Å². The van der Waals surface area contributed by atoms with E-state index in [1.54, 1.807) is 0 Å². The van der Waals surface area contributed by atoms with E-state index in [4.69, 9.17) is 0 Å². The second-order valence-corrected chi connectivity index (χ2v) is 3.52. The fraction of sp³-hybridized carbons (Fsp3) is 0.182. The summed E-state index contributed by atoms with van der Waals surface area (Å²) in [6, 6.07) is 1.46. The van der Waals surface area contributed by atoms with Crippen molar-refractivity contribution in [2.45, 2.75) is 6.42 Å². The molecule has 0 atom stereocenters. The molecule has 1 aromatic carbocycles. The van der Waals surface area contributed by atoms with Crippen molar-refractivity contribution < 1.29 is 23.2 Å². The molecule has 0 aromatic heterocycles. The smallest absolute Gasteiger partial charge is 0.299 e. The van der Waals surface area contributed by atoms with Gasteiger partial charge in [-0.2, -0.15) is 0 Å². The minimum atomic E-state index is -1.06. The molecule has 1 aliphatic heterocycles. The van der Waals surface area contributed by atoms with Gasteiger partial charge in [-0.25, -0.2) is 8.78 Å². The van der Waals surface area contributed by atoms with Crippen LogP contribution in [0.15, 0.2) is 12.1 Å². The fourth-order valence-corrected chi connectivity index (χ4v) is 1.74. The quantitative estimate of drug-likeness (QED) is 0.586. The molecule has 0 N–H and O–H groups in total. The Labute approximate surface area is 94.8 Å². The largest absolute Gasteiger partial charge is 0.304 e. The van der Waals surface area contributed by atoms with Crippen molar-refractivity contribution in [1.82, 2.24) is 0 Å². The first-order valence-electron chi connectivity index (χ1n) is 4.85. The van der Waals surface area contributed by atoms with Crippen LogP contribution in [-0.2, 0) is 9.59 Å². The lowest BCUT2D eigenvalue weighted by Gasteiger charge is -2.14. The average molecular weight is 239 g/mol. The molecular weight excluding hydrogens is 232 g/mol. The lowest BCUT2D eigenvalue weighted by atomic mass is 10.1. The monoisotopic (exact) mass is 239 g/mol. The van der Waals surface area contributed by atoms with Crippen LogP contribution in [0.25, 0.3) is 0 Å². The minimum Gasteiger partial charge on any atom is -0.304 e. The maximum absolute atomic E-state index is 13.4. The highest BCUT2D eigenvalue weighted by molar-refractivity contribution is 6.52. The highest BCUT2D eigenvalue weighted by Crippen LogP contribution is 2.31. The van der Waals surface area contributed by atoms with E-state index in [0.717, 1.165) is 11.0 Å². The molecule has 1 heterocycles. The Balaban J connectivity index is 2.51. The summed E-state index contributed by atoms with van der Waals surface area (Å²) < 4.78 is 26.4. The van der Waals surface area contributed by atoms with E-state index >= 15 is 0 Å². The van der Waals surface area contributed by atoms with Crippen LogP contribution in [0.2, 0.25) is 0 Å². The van der Waals surface area contributed by atoms with Crippen LogP contribution < -0.4 is 4.90 Å². The molecule has 0 bridgehead atoms. The first kappa shape index (κ1) is 11.4. The molecule has 1 amide bonds. The Kier molecular flexibility index (Phi) is 2.71. The van der Waals surface area contributed by atoms with Crippen molar-refractivity contribution in [3.8, 4) is 0 Å². The number of anilines is 1. The molecule has 6 heteroatoms. The van der Waals surface area contributed by atoms with Gasteiger partial charge in [0.1, 0.15) is 17.9 Å². The van der Waals surface area contributed by atoms with Crippen molar-refractivity contribution in [2.24, 2.45) is 0 Å². The number of halogens is 2. The topological polar surface area (TPSA) is 54.5 Å². The summed E-state index contributed by atoms with van der Waals surface area (Å²) in [5, 5.41) is 0. The molecule has 0 saturated heterocycles. The second-order valence-electron chi connectivity index (χ2n) is 3.52. The molecule has 1 aromatic rings. The molecule has 17 heavy (non-hydrogen) atoms. The molecule has 0 fully saturated rings. The third-order valence-electron chi connectivity index (χ3n) is 2.46. The molecule has 2 rings (SSSR count). The van der Waals surface area contributed by atoms with E-state index in [9.17, 15) is 23.2 Å². The van der Waals surface area contributed by atoms with Gasteiger partial charge in [0, 0.05) is 19.0 Å². The maximum atomic E-state index is 13.4. The Morgan fingerprint density at radius 3 is 2.59 bits per heavy atom. The van der Waals surface area contributed by atoms with E-state index in [0.29, 0.717) is 12.4 Å². The molecule has 0 saturated carbocycles. The number of hydrogen-bond acceptors (Lipinski definition) is 3. The van der Waals surface area contributed by atoms with E-state index in [2.05, 4.69) is 0 Å². The van der Waals surface area contributed by atoms with E-state index < -0.39 is 28.9 Å². The molecule has 0 aliphatic carbocycles. The van der Waals surface area contributed by atoms with E-state index in [1.165, 1.54) is 0 Å². The van der Waals surface area contributed by atoms with Gasteiger partial charge in [0.25, 0.3) is 11.7 Å². The van der Waals surface area contributed by atoms with Crippen LogP contribution in [0.3, 0.4) is 0 Å². The number of fused-ring (bicyclic) bond motifs is 1. The Morgan fingerprint density at radius 2 is 1.94 bits per heavy atom. The van der Waals surface area contributed by atoms with Crippen LogP contribution in [0.1, 0.15) is 16.8 Å². The Hall–Kier alpha value is -2.11. The number of rotatable bonds is 3. The molecule has 4 nitrogen and oxygen atoms in total. The third-order valence-corrected chi connectivity index (χ3v) is 2.46. The normalized spacial score (nSPS) is 14.1. The number of carbonyl (C=O) groups excluding carboxylic acids is 3. The summed E-state index contributed by atoms with van der Waals surface area (Å²) in [4.78, 5) is 34.1. The predicted octanol–water partition coefficient (Wildman–Crippen LogP) is 1.08. The highest BCUT2D eigenvalue weighted by atomic mass is 19.1. The van der Waals surface area contributed by atoms with Gasteiger partial charge in [0.15, 0.2) is 0 Å². The first-order chi connectivity index (χ1) is 8.06. The van der Waals surface area contributed by atoms with Crippen molar-refractivity contribution in [3.63, 3.8) is 0 Å². The van der Waals surface area contributed by atoms with Gasteiger partial charge in [-0.1, -0.05) is 0 Å². The van der Waals surface area contributed by atoms with Gasteiger partial charge in [-0.15, -0.1) is 0 Å². The standard InChI is InChI=1S/C11H7F2NO3/c12-6-4-7(13)9-8(5-6)14(2-1-3-15)11(17)10(9)16/h3-5H,1-2H2. The maximum Gasteiger partial charge on any atom is 0.299 e. The Bertz CT molecular complexity index is 528. The number of ketones is 1. The number of benzene rings is 1. The summed E-state index contributed by atoms with van der Waals surface area (Å²) in [7, 11) is 0. The molecule has 88 valence electrons. The lowest BCUT2D eigenvalue weighted by Crippen LogP contribution is -2.30. The number of hydrogen-bond donors (Lipinski definition) is 0. The van der Waals surface area contributed by atoms with Crippen molar-refractivity contribution >= 4 is 23.7 Å². The van der Waals surface area contributed by atoms with Gasteiger partial charge in [0.05, 0.1) is 11.3 Å². The molecule has 0 unspecified atom stereocenters. The summed E-state index contributed by atoms with van der Waals surface area (Å²) in [5.41, 5.74) is -0.540. The zero-order valence-electron chi connectivity index (χ0n) is 8.57. The van der Waals surface area contributed by atoms with Gasteiger partial charge >= 0.3 is 0 Å². The Morgan fingerprint density at radius 1 is 1.24 bits per heavy atom. The summed E-state index contributed by atoms with van der Waals surface area (Å²) in [6.45, 7) is -0.0655. The SMILES string of the molecule is O=CCCN1C(=O)C(=O)c2c(F)cc(F)cc21. The lowest BCUT2D eigenvalue weighted by molar-refractivity contribution is -0.114. The van der Waals surface area contributed by atoms with E-state index in [-0.39, 0.29) is 18.7 Å². The summed E-state index contributed by atoms with van der Waals surface area (Å²) >= 11 is 0. The number of amides is 1. The second kappa shape index (κ2) is 4.04. The zero-order chi connectivity index (χ0) is 12.6. The number of aldehydes is 1. The highest BCUT2D eigenvalue weighted by Gasteiger charge is 2.38. The number of Topliss-reactive ketones (excluding diaryl/α,β-unsaturated/α-hetero) is 1. The van der Waals surface area contributed by atoms with E-state index in [1.807, 2.05) is 0 Å². The molecular formula is C11H7F2NO3. The molecule has 1 aliphatic rings.